The average molecular weight is 298 g/mol. The Labute approximate surface area is 114 Å². The van der Waals surface area contributed by atoms with Crippen LogP contribution < -0.4 is 0 Å². The highest BCUT2D eigenvalue weighted by Crippen LogP contribution is 2.40. The van der Waals surface area contributed by atoms with E-state index in [1.54, 1.807) is 0 Å². The van der Waals surface area contributed by atoms with E-state index < -0.39 is 6.00 Å². The van der Waals surface area contributed by atoms with Crippen LogP contribution in [-0.2, 0) is 0 Å². The maximum atomic E-state index is 6.13. The van der Waals surface area contributed by atoms with Crippen molar-refractivity contribution in [1.82, 2.24) is 0 Å². The smallest absolute Gasteiger partial charge is 0.126 e. The van der Waals surface area contributed by atoms with Crippen LogP contribution in [0.15, 0.2) is 24.3 Å². The molecule has 0 fully saturated rings. The largest absolute Gasteiger partial charge is 0.344 e. The van der Waals surface area contributed by atoms with Gasteiger partial charge in [0.1, 0.15) is 0 Å². The molecule has 0 nitrogen and oxygen atoms in total. The first-order valence-corrected chi connectivity index (χ1v) is 11.1. The topological polar surface area (TPSA) is 0 Å². The van der Waals surface area contributed by atoms with E-state index in [1.165, 1.54) is 0 Å². The van der Waals surface area contributed by atoms with Crippen LogP contribution in [0.5, 0.6) is 0 Å². The van der Waals surface area contributed by atoms with Gasteiger partial charge in [-0.3, -0.25) is 0 Å². The van der Waals surface area contributed by atoms with Crippen LogP contribution in [-0.4, -0.2) is 6.00 Å². The quantitative estimate of drug-likeness (QED) is 0.322. The van der Waals surface area contributed by atoms with Gasteiger partial charge in [-0.2, -0.15) is 0 Å². The zero-order chi connectivity index (χ0) is 11.9. The summed E-state index contributed by atoms with van der Waals surface area (Å²) in [5.74, 6) is 0. The Hall–Kier alpha value is 0.567. The average Bonchev–Trinajstić information content (AvgIpc) is 2.16. The molecule has 1 unspecified atom stereocenters. The van der Waals surface area contributed by atoms with Gasteiger partial charge in [0.2, 0.25) is 0 Å². The second-order valence-corrected chi connectivity index (χ2v) is 13.3. The van der Waals surface area contributed by atoms with Gasteiger partial charge in [-0.15, -0.1) is 33.2 Å². The molecule has 0 saturated heterocycles. The molecule has 0 spiro atoms. The highest BCUT2D eigenvalue weighted by Gasteiger charge is 2.35. The van der Waals surface area contributed by atoms with E-state index in [0.717, 1.165) is 44.9 Å². The van der Waals surface area contributed by atoms with Crippen LogP contribution >= 0.6 is 33.2 Å². The summed E-state index contributed by atoms with van der Waals surface area (Å²) in [4.78, 5) is 0. The maximum Gasteiger partial charge on any atom is 0.344 e. The molecule has 16 heavy (non-hydrogen) atoms. The number of allylic oxidation sites excluding steroid dienone is 4. The minimum absolute atomic E-state index is 0.315. The third-order valence-corrected chi connectivity index (χ3v) is 7.18. The molecule has 4 heteroatoms. The Morgan fingerprint density at radius 1 is 0.750 bits per heavy atom. The van der Waals surface area contributed by atoms with Gasteiger partial charge < -0.3 is 0 Å². The van der Waals surface area contributed by atoms with Gasteiger partial charge in [0, 0.05) is 0 Å². The summed E-state index contributed by atoms with van der Waals surface area (Å²) in [5, 5.41) is 0. The third-order valence-electron chi connectivity index (χ3n) is 2.90. The molecule has 0 bridgehead atoms. The van der Waals surface area contributed by atoms with Crippen molar-refractivity contribution in [3.8, 4) is 0 Å². The highest BCUT2D eigenvalue weighted by atomic mass is 35.8. The van der Waals surface area contributed by atoms with Gasteiger partial charge in [0.05, 0.1) is 0 Å². The second-order valence-electron chi connectivity index (χ2n) is 4.27. The van der Waals surface area contributed by atoms with Crippen LogP contribution in [0.25, 0.3) is 0 Å². The van der Waals surface area contributed by atoms with Crippen LogP contribution in [0.4, 0.5) is 0 Å². The minimum Gasteiger partial charge on any atom is -0.126 e. The SMILES string of the molecule is Cl[Si](Cl)(Cl)C1CC/C=C\CC/C=C\CCC1. The Morgan fingerprint density at radius 2 is 1.31 bits per heavy atom. The van der Waals surface area contributed by atoms with Crippen molar-refractivity contribution in [2.45, 2.75) is 50.5 Å². The number of halogens is 3. The molecule has 1 rings (SSSR count). The molecule has 0 amide bonds. The van der Waals surface area contributed by atoms with Crippen molar-refractivity contribution in [2.24, 2.45) is 0 Å². The Bertz CT molecular complexity index is 243. The molecule has 1 aliphatic carbocycles. The first kappa shape index (κ1) is 14.6. The van der Waals surface area contributed by atoms with Crippen molar-refractivity contribution in [2.75, 3.05) is 0 Å². The Morgan fingerprint density at radius 3 is 1.94 bits per heavy atom. The third kappa shape index (κ3) is 6.34. The summed E-state index contributed by atoms with van der Waals surface area (Å²) < 4.78 is 0. The van der Waals surface area contributed by atoms with Crippen molar-refractivity contribution in [3.63, 3.8) is 0 Å². The highest BCUT2D eigenvalue weighted by molar-refractivity contribution is 7.65. The molecule has 0 saturated carbocycles. The summed E-state index contributed by atoms with van der Waals surface area (Å²) in [6.45, 7) is 0. The van der Waals surface area contributed by atoms with Crippen LogP contribution in [0.1, 0.15) is 44.9 Å². The molecule has 0 aliphatic heterocycles. The Kier molecular flexibility index (Phi) is 7.14. The lowest BCUT2D eigenvalue weighted by atomic mass is 10.1. The standard InChI is InChI=1S/C12H19Cl3Si/c13-16(14,15)12-10-8-6-4-2-1-3-5-7-9-11-12/h2,4-5,7,12H,1,3,6,8-11H2/b4-2-,7-5-. The predicted octanol–water partition coefficient (Wildman–Crippen LogP) is 5.87. The van der Waals surface area contributed by atoms with Crippen LogP contribution in [0, 0.1) is 0 Å². The normalized spacial score (nSPS) is 28.8. The lowest BCUT2D eigenvalue weighted by molar-refractivity contribution is 0.643. The molecule has 92 valence electrons. The van der Waals surface area contributed by atoms with E-state index in [1.807, 2.05) is 0 Å². The monoisotopic (exact) mass is 296 g/mol. The number of hydrogen-bond acceptors (Lipinski definition) is 0. The lowest BCUT2D eigenvalue weighted by Crippen LogP contribution is -2.19. The van der Waals surface area contributed by atoms with Gasteiger partial charge >= 0.3 is 6.00 Å². The number of rotatable bonds is 1. The second kappa shape index (κ2) is 7.81. The molecule has 0 aromatic carbocycles. The van der Waals surface area contributed by atoms with Gasteiger partial charge in [-0.1, -0.05) is 24.3 Å². The molecule has 1 atom stereocenters. The van der Waals surface area contributed by atoms with E-state index in [0.29, 0.717) is 5.54 Å². The molecular weight excluding hydrogens is 279 g/mol. The summed E-state index contributed by atoms with van der Waals surface area (Å²) >= 11 is 18.4. The summed E-state index contributed by atoms with van der Waals surface area (Å²) in [6.07, 6.45) is 16.7. The zero-order valence-corrected chi connectivity index (χ0v) is 12.7. The Balaban J connectivity index is 2.51. The van der Waals surface area contributed by atoms with Crippen molar-refractivity contribution in [1.29, 1.82) is 0 Å². The van der Waals surface area contributed by atoms with Crippen molar-refractivity contribution in [3.05, 3.63) is 24.3 Å². The summed E-state index contributed by atoms with van der Waals surface area (Å²) in [7, 11) is 0. The van der Waals surface area contributed by atoms with Crippen molar-refractivity contribution < 1.29 is 0 Å². The predicted molar refractivity (Wildman–Crippen MR) is 77.7 cm³/mol. The maximum absolute atomic E-state index is 6.13. The zero-order valence-electron chi connectivity index (χ0n) is 9.47. The van der Waals surface area contributed by atoms with Crippen molar-refractivity contribution >= 4 is 39.2 Å². The van der Waals surface area contributed by atoms with E-state index in [2.05, 4.69) is 24.3 Å². The molecule has 0 aromatic heterocycles. The van der Waals surface area contributed by atoms with E-state index >= 15 is 0 Å². The molecule has 0 N–H and O–H groups in total. The van der Waals surface area contributed by atoms with Gasteiger partial charge in [0.25, 0.3) is 0 Å². The molecule has 0 aromatic rings. The lowest BCUT2D eigenvalue weighted by Gasteiger charge is -2.21. The summed E-state index contributed by atoms with van der Waals surface area (Å²) in [5.41, 5.74) is 0.315. The molecule has 0 heterocycles. The molecule has 1 aliphatic rings. The van der Waals surface area contributed by atoms with E-state index in [-0.39, 0.29) is 0 Å². The minimum atomic E-state index is -2.52. The van der Waals surface area contributed by atoms with Gasteiger partial charge in [-0.05, 0) is 50.5 Å². The fourth-order valence-corrected chi connectivity index (χ4v) is 4.90. The van der Waals surface area contributed by atoms with E-state index in [4.69, 9.17) is 33.2 Å². The molecular formula is C12H19Cl3Si. The first-order chi connectivity index (χ1) is 7.61. The first-order valence-electron chi connectivity index (χ1n) is 5.97. The van der Waals surface area contributed by atoms with Gasteiger partial charge in [-0.25, -0.2) is 0 Å². The van der Waals surface area contributed by atoms with Crippen LogP contribution in [0.2, 0.25) is 5.54 Å². The van der Waals surface area contributed by atoms with Crippen LogP contribution in [0.3, 0.4) is 0 Å². The fourth-order valence-electron chi connectivity index (χ4n) is 1.92. The van der Waals surface area contributed by atoms with E-state index in [9.17, 15) is 0 Å². The molecule has 0 radical (unpaired) electrons. The van der Waals surface area contributed by atoms with Gasteiger partial charge in [0.15, 0.2) is 0 Å². The fraction of sp³-hybridized carbons (Fsp3) is 0.667. The number of hydrogen-bond donors (Lipinski definition) is 0. The summed E-state index contributed by atoms with van der Waals surface area (Å²) in [6, 6.07) is -2.52.